The summed E-state index contributed by atoms with van der Waals surface area (Å²) < 4.78 is 9.60. The molecule has 2 rings (SSSR count). The number of aliphatic imine (C=N–C) groups is 2. The van der Waals surface area contributed by atoms with Crippen LogP contribution < -0.4 is 0 Å². The Morgan fingerprint density at radius 3 is 2.42 bits per heavy atom. The van der Waals surface area contributed by atoms with Crippen molar-refractivity contribution in [3.8, 4) is 0 Å². The van der Waals surface area contributed by atoms with E-state index >= 15 is 0 Å². The van der Waals surface area contributed by atoms with Crippen LogP contribution >= 0.6 is 0 Å². The van der Waals surface area contributed by atoms with Crippen molar-refractivity contribution < 1.29 is 14.3 Å². The molecule has 0 aromatic rings. The maximum atomic E-state index is 11.2. The van der Waals surface area contributed by atoms with Gasteiger partial charge in [0.1, 0.15) is 0 Å². The first-order valence-electron chi connectivity index (χ1n) is 6.64. The van der Waals surface area contributed by atoms with E-state index in [2.05, 4.69) is 35.5 Å². The average Bonchev–Trinajstić information content (AvgIpc) is 2.83. The van der Waals surface area contributed by atoms with Gasteiger partial charge in [-0.2, -0.15) is 0 Å². The lowest BCUT2D eigenvalue weighted by molar-refractivity contribution is 0.181. The van der Waals surface area contributed by atoms with E-state index < -0.39 is 6.09 Å². The quantitative estimate of drug-likeness (QED) is 0.500. The fraction of sp³-hybridized carbons (Fsp3) is 0.786. The van der Waals surface area contributed by atoms with E-state index in [9.17, 15) is 4.79 Å². The predicted octanol–water partition coefficient (Wildman–Crippen LogP) is 3.04. The SMILES string of the molecule is COC(=O)/N=C(/N=C1\C(C)(C)[C@H]2CC[C@]1(C)C2)OC. The lowest BCUT2D eigenvalue weighted by atomic mass is 9.71. The Morgan fingerprint density at radius 1 is 1.26 bits per heavy atom. The zero-order valence-electron chi connectivity index (χ0n) is 12.3. The molecule has 2 bridgehead atoms. The molecule has 0 saturated heterocycles. The van der Waals surface area contributed by atoms with Crippen LogP contribution in [0.1, 0.15) is 40.0 Å². The van der Waals surface area contributed by atoms with Gasteiger partial charge in [-0.15, -0.1) is 4.99 Å². The van der Waals surface area contributed by atoms with Crippen molar-refractivity contribution in [3.05, 3.63) is 0 Å². The Hall–Kier alpha value is -1.39. The first-order valence-corrected chi connectivity index (χ1v) is 6.64. The molecule has 2 fully saturated rings. The molecule has 5 heteroatoms. The molecule has 0 heterocycles. The summed E-state index contributed by atoms with van der Waals surface area (Å²) in [6, 6.07) is 0.0868. The fourth-order valence-electron chi connectivity index (χ4n) is 3.66. The van der Waals surface area contributed by atoms with E-state index in [-0.39, 0.29) is 16.9 Å². The Kier molecular flexibility index (Phi) is 3.41. The standard InChI is InChI=1S/C14H22N2O3/c1-13(2)9-6-7-14(3,8-9)10(13)15-11(18-4)16-12(17)19-5/h9H,6-8H2,1-5H3/b15-10+,16-11-/t9-,14+/m0/s1. The summed E-state index contributed by atoms with van der Waals surface area (Å²) in [6.07, 6.45) is 2.87. The fourth-order valence-corrected chi connectivity index (χ4v) is 3.66. The molecule has 0 unspecified atom stereocenters. The van der Waals surface area contributed by atoms with Crippen LogP contribution in [0.5, 0.6) is 0 Å². The molecule has 1 amide bonds. The number of rotatable bonds is 0. The van der Waals surface area contributed by atoms with E-state index in [0.717, 1.165) is 18.6 Å². The van der Waals surface area contributed by atoms with Gasteiger partial charge >= 0.3 is 12.1 Å². The number of nitrogens with zero attached hydrogens (tertiary/aromatic N) is 2. The van der Waals surface area contributed by atoms with Gasteiger partial charge in [0.25, 0.3) is 0 Å². The normalized spacial score (nSPS) is 34.7. The Labute approximate surface area is 114 Å². The molecule has 0 aromatic carbocycles. The van der Waals surface area contributed by atoms with E-state index in [4.69, 9.17) is 4.74 Å². The summed E-state index contributed by atoms with van der Waals surface area (Å²) in [5.41, 5.74) is 1.26. The molecule has 0 radical (unpaired) electrons. The zero-order chi connectivity index (χ0) is 14.3. The average molecular weight is 266 g/mol. The molecule has 106 valence electrons. The first kappa shape index (κ1) is 14.0. The van der Waals surface area contributed by atoms with Crippen LogP contribution in [-0.4, -0.2) is 32.0 Å². The first-order chi connectivity index (χ1) is 8.83. The molecule has 0 spiro atoms. The molecular weight excluding hydrogens is 244 g/mol. The van der Waals surface area contributed by atoms with Gasteiger partial charge in [0.2, 0.25) is 0 Å². The number of amidine groups is 1. The van der Waals surface area contributed by atoms with Gasteiger partial charge in [0.05, 0.1) is 14.2 Å². The lowest BCUT2D eigenvalue weighted by Gasteiger charge is -2.35. The third kappa shape index (κ3) is 2.26. The number of hydrogen-bond acceptors (Lipinski definition) is 3. The van der Waals surface area contributed by atoms with Gasteiger partial charge in [-0.25, -0.2) is 9.79 Å². The second-order valence-electron chi connectivity index (χ2n) is 6.25. The summed E-state index contributed by atoms with van der Waals surface area (Å²) in [4.78, 5) is 19.4. The Morgan fingerprint density at radius 2 is 1.95 bits per heavy atom. The number of carbonyl (C=O) groups is 1. The van der Waals surface area contributed by atoms with Gasteiger partial charge in [0.15, 0.2) is 0 Å². The molecule has 19 heavy (non-hydrogen) atoms. The minimum Gasteiger partial charge on any atom is -0.467 e. The van der Waals surface area contributed by atoms with Crippen molar-refractivity contribution in [3.63, 3.8) is 0 Å². The topological polar surface area (TPSA) is 60.2 Å². The Balaban J connectivity index is 2.36. The highest BCUT2D eigenvalue weighted by Gasteiger charge is 2.57. The number of fused-ring (bicyclic) bond motifs is 2. The largest absolute Gasteiger partial charge is 0.467 e. The van der Waals surface area contributed by atoms with Gasteiger partial charge in [-0.1, -0.05) is 20.8 Å². The van der Waals surface area contributed by atoms with Crippen molar-refractivity contribution in [2.75, 3.05) is 14.2 Å². The molecule has 2 aliphatic rings. The minimum absolute atomic E-state index is 0.0441. The van der Waals surface area contributed by atoms with E-state index in [0.29, 0.717) is 5.92 Å². The smallest absolute Gasteiger partial charge is 0.437 e. The third-order valence-corrected chi connectivity index (χ3v) is 4.70. The molecule has 2 atom stereocenters. The van der Waals surface area contributed by atoms with Crippen LogP contribution in [0.25, 0.3) is 0 Å². The highest BCUT2D eigenvalue weighted by molar-refractivity contribution is 6.05. The molecule has 2 aliphatic carbocycles. The van der Waals surface area contributed by atoms with Crippen LogP contribution in [0.4, 0.5) is 4.79 Å². The molecule has 2 saturated carbocycles. The zero-order valence-corrected chi connectivity index (χ0v) is 12.3. The van der Waals surface area contributed by atoms with Crippen molar-refractivity contribution >= 4 is 17.8 Å². The number of methoxy groups -OCH3 is 2. The van der Waals surface area contributed by atoms with Crippen LogP contribution in [-0.2, 0) is 9.47 Å². The summed E-state index contributed by atoms with van der Waals surface area (Å²) in [6.45, 7) is 6.67. The molecule has 0 N–H and O–H groups in total. The highest BCUT2D eigenvalue weighted by atomic mass is 16.5. The van der Waals surface area contributed by atoms with Crippen LogP contribution in [0.15, 0.2) is 9.98 Å². The minimum atomic E-state index is -0.688. The lowest BCUT2D eigenvalue weighted by Crippen LogP contribution is -2.36. The van der Waals surface area contributed by atoms with Crippen molar-refractivity contribution in [1.29, 1.82) is 0 Å². The third-order valence-electron chi connectivity index (χ3n) is 4.70. The van der Waals surface area contributed by atoms with E-state index in [1.165, 1.54) is 20.6 Å². The van der Waals surface area contributed by atoms with Gasteiger partial charge < -0.3 is 9.47 Å². The maximum absolute atomic E-state index is 11.2. The van der Waals surface area contributed by atoms with Crippen molar-refractivity contribution in [2.24, 2.45) is 26.7 Å². The van der Waals surface area contributed by atoms with Gasteiger partial charge in [-0.05, 0) is 25.2 Å². The second-order valence-corrected chi connectivity index (χ2v) is 6.25. The van der Waals surface area contributed by atoms with Crippen molar-refractivity contribution in [1.82, 2.24) is 0 Å². The predicted molar refractivity (Wildman–Crippen MR) is 73.5 cm³/mol. The number of ether oxygens (including phenoxy) is 2. The van der Waals surface area contributed by atoms with Crippen LogP contribution in [0.3, 0.4) is 0 Å². The maximum Gasteiger partial charge on any atom is 0.437 e. The number of amides is 1. The van der Waals surface area contributed by atoms with Gasteiger partial charge in [0, 0.05) is 16.5 Å². The summed E-state index contributed by atoms with van der Waals surface area (Å²) in [7, 11) is 2.75. The van der Waals surface area contributed by atoms with Gasteiger partial charge in [-0.3, -0.25) is 0 Å². The summed E-state index contributed by atoms with van der Waals surface area (Å²) in [5, 5.41) is 0. The van der Waals surface area contributed by atoms with Crippen LogP contribution in [0, 0.1) is 16.7 Å². The van der Waals surface area contributed by atoms with Crippen molar-refractivity contribution in [2.45, 2.75) is 40.0 Å². The van der Waals surface area contributed by atoms with E-state index in [1.54, 1.807) is 0 Å². The number of hydrogen-bond donors (Lipinski definition) is 0. The Bertz CT molecular complexity index is 447. The second kappa shape index (κ2) is 4.62. The molecular formula is C14H22N2O3. The molecule has 0 aliphatic heterocycles. The summed E-state index contributed by atoms with van der Waals surface area (Å²) in [5.74, 6) is 0.660. The van der Waals surface area contributed by atoms with Crippen LogP contribution in [0.2, 0.25) is 0 Å². The monoisotopic (exact) mass is 266 g/mol. The highest BCUT2D eigenvalue weighted by Crippen LogP contribution is 2.60. The molecule has 5 nitrogen and oxygen atoms in total. The molecule has 0 aromatic heterocycles. The number of carbonyl (C=O) groups excluding carboxylic acids is 1. The summed E-state index contributed by atoms with van der Waals surface area (Å²) >= 11 is 0. The van der Waals surface area contributed by atoms with E-state index in [1.807, 2.05) is 0 Å².